The van der Waals surface area contributed by atoms with E-state index in [0.717, 1.165) is 30.1 Å². The number of nitrogens with zero attached hydrogens (tertiary/aromatic N) is 4. The van der Waals surface area contributed by atoms with Gasteiger partial charge in [0.15, 0.2) is 0 Å². The third-order valence-electron chi connectivity index (χ3n) is 4.92. The molecule has 1 aliphatic rings. The number of hydrogen-bond acceptors (Lipinski definition) is 6. The molecule has 0 radical (unpaired) electrons. The first-order chi connectivity index (χ1) is 13.6. The van der Waals surface area contributed by atoms with Crippen LogP contribution in [-0.2, 0) is 0 Å². The molecule has 0 unspecified atom stereocenters. The number of rotatable bonds is 4. The average Bonchev–Trinajstić information content (AvgIpc) is 3.20. The molecule has 0 atom stereocenters. The van der Waals surface area contributed by atoms with Gasteiger partial charge in [0.2, 0.25) is 11.7 Å². The highest BCUT2D eigenvalue weighted by Gasteiger charge is 2.22. The Morgan fingerprint density at radius 2 is 1.68 bits per heavy atom. The van der Waals surface area contributed by atoms with Crippen LogP contribution in [0.3, 0.4) is 0 Å². The Kier molecular flexibility index (Phi) is 4.97. The van der Waals surface area contributed by atoms with E-state index < -0.39 is 0 Å². The number of carbonyl (C=O) groups excluding carboxylic acids is 1. The van der Waals surface area contributed by atoms with E-state index in [4.69, 9.17) is 9.26 Å². The molecule has 7 heteroatoms. The quantitative estimate of drug-likeness (QED) is 0.695. The van der Waals surface area contributed by atoms with Gasteiger partial charge in [0.25, 0.3) is 5.91 Å². The van der Waals surface area contributed by atoms with E-state index >= 15 is 0 Å². The molecule has 7 nitrogen and oxygen atoms in total. The number of methoxy groups -OCH3 is 1. The molecule has 1 fully saturated rings. The summed E-state index contributed by atoms with van der Waals surface area (Å²) in [5.74, 6) is 1.94. The van der Waals surface area contributed by atoms with Crippen LogP contribution in [0.2, 0.25) is 0 Å². The van der Waals surface area contributed by atoms with Crippen molar-refractivity contribution in [2.24, 2.45) is 0 Å². The fourth-order valence-corrected chi connectivity index (χ4v) is 3.32. The van der Waals surface area contributed by atoms with Crippen molar-refractivity contribution < 1.29 is 14.1 Å². The number of amides is 1. The molecule has 0 bridgehead atoms. The van der Waals surface area contributed by atoms with Crippen LogP contribution < -0.4 is 9.64 Å². The fourth-order valence-electron chi connectivity index (χ4n) is 3.32. The Labute approximate surface area is 163 Å². The number of ether oxygens (including phenoxy) is 1. The van der Waals surface area contributed by atoms with Crippen molar-refractivity contribution in [3.8, 4) is 17.1 Å². The van der Waals surface area contributed by atoms with Crippen LogP contribution in [0.15, 0.2) is 53.1 Å². The van der Waals surface area contributed by atoms with Crippen molar-refractivity contribution >= 4 is 11.6 Å². The van der Waals surface area contributed by atoms with Gasteiger partial charge in [-0.3, -0.25) is 4.79 Å². The second kappa shape index (κ2) is 7.72. The lowest BCUT2D eigenvalue weighted by atomic mass is 10.1. The van der Waals surface area contributed by atoms with Crippen molar-refractivity contribution in [3.63, 3.8) is 0 Å². The highest BCUT2D eigenvalue weighted by Crippen LogP contribution is 2.22. The van der Waals surface area contributed by atoms with Crippen LogP contribution in [0, 0.1) is 6.92 Å². The Morgan fingerprint density at radius 3 is 2.25 bits per heavy atom. The molecule has 1 aliphatic heterocycles. The van der Waals surface area contributed by atoms with Crippen LogP contribution >= 0.6 is 0 Å². The average molecular weight is 378 g/mol. The lowest BCUT2D eigenvalue weighted by Gasteiger charge is -2.36. The van der Waals surface area contributed by atoms with Crippen molar-refractivity contribution in [1.82, 2.24) is 15.0 Å². The van der Waals surface area contributed by atoms with Gasteiger partial charge in [-0.15, -0.1) is 0 Å². The summed E-state index contributed by atoms with van der Waals surface area (Å²) in [4.78, 5) is 21.2. The van der Waals surface area contributed by atoms with E-state index in [0.29, 0.717) is 30.4 Å². The Balaban J connectivity index is 1.38. The van der Waals surface area contributed by atoms with Crippen LogP contribution in [0.25, 0.3) is 11.4 Å². The monoisotopic (exact) mass is 378 g/mol. The first-order valence-corrected chi connectivity index (χ1v) is 9.23. The zero-order chi connectivity index (χ0) is 19.5. The number of aryl methyl sites for hydroxylation is 1. The molecule has 1 amide bonds. The van der Waals surface area contributed by atoms with Gasteiger partial charge < -0.3 is 19.1 Å². The van der Waals surface area contributed by atoms with E-state index in [1.54, 1.807) is 14.0 Å². The van der Waals surface area contributed by atoms with Gasteiger partial charge in [-0.25, -0.2) is 0 Å². The number of benzene rings is 2. The highest BCUT2D eigenvalue weighted by molar-refractivity contribution is 5.94. The maximum absolute atomic E-state index is 12.8. The minimum atomic E-state index is 0.0465. The summed E-state index contributed by atoms with van der Waals surface area (Å²) in [5.41, 5.74) is 2.65. The van der Waals surface area contributed by atoms with Crippen LogP contribution in [-0.4, -0.2) is 54.2 Å². The fraction of sp³-hybridized carbons (Fsp3) is 0.286. The van der Waals surface area contributed by atoms with Crippen LogP contribution in [0.1, 0.15) is 16.2 Å². The summed E-state index contributed by atoms with van der Waals surface area (Å²) in [6.07, 6.45) is 0. The van der Waals surface area contributed by atoms with Gasteiger partial charge in [-0.05, 0) is 36.4 Å². The molecule has 0 saturated carbocycles. The second-order valence-electron chi connectivity index (χ2n) is 6.69. The van der Waals surface area contributed by atoms with E-state index in [1.807, 2.05) is 41.3 Å². The Hall–Kier alpha value is -3.35. The second-order valence-corrected chi connectivity index (χ2v) is 6.69. The normalized spacial score (nSPS) is 14.2. The number of aromatic nitrogens is 2. The molecule has 144 valence electrons. The number of piperazine rings is 1. The Bertz CT molecular complexity index is 943. The molecule has 0 N–H and O–H groups in total. The minimum absolute atomic E-state index is 0.0465. The van der Waals surface area contributed by atoms with Gasteiger partial charge in [-0.2, -0.15) is 4.98 Å². The standard InChI is InChI=1S/C21H22N4O3/c1-15-22-20(23-28-15)16-3-5-17(6-4-16)21(26)25-13-11-24(12-14-25)18-7-9-19(27-2)10-8-18/h3-10H,11-14H2,1-2H3. The van der Waals surface area contributed by atoms with E-state index in [2.05, 4.69) is 27.2 Å². The molecule has 2 heterocycles. The first kappa shape index (κ1) is 18.0. The SMILES string of the molecule is COc1ccc(N2CCN(C(=O)c3ccc(-c4noc(C)n4)cc3)CC2)cc1. The topological polar surface area (TPSA) is 71.7 Å². The zero-order valence-electron chi connectivity index (χ0n) is 16.0. The van der Waals surface area contributed by atoms with E-state index in [-0.39, 0.29) is 5.91 Å². The third kappa shape index (κ3) is 3.69. The van der Waals surface area contributed by atoms with Gasteiger partial charge in [-0.1, -0.05) is 17.3 Å². The number of hydrogen-bond donors (Lipinski definition) is 0. The molecule has 3 aromatic rings. The summed E-state index contributed by atoms with van der Waals surface area (Å²) in [6, 6.07) is 15.4. The zero-order valence-corrected chi connectivity index (χ0v) is 16.0. The maximum atomic E-state index is 12.8. The first-order valence-electron chi connectivity index (χ1n) is 9.23. The minimum Gasteiger partial charge on any atom is -0.497 e. The van der Waals surface area contributed by atoms with E-state index in [1.165, 1.54) is 0 Å². The maximum Gasteiger partial charge on any atom is 0.253 e. The molecule has 28 heavy (non-hydrogen) atoms. The van der Waals surface area contributed by atoms with Crippen molar-refractivity contribution in [2.75, 3.05) is 38.2 Å². The molecule has 2 aromatic carbocycles. The van der Waals surface area contributed by atoms with Gasteiger partial charge >= 0.3 is 0 Å². The summed E-state index contributed by atoms with van der Waals surface area (Å²) in [7, 11) is 1.66. The smallest absolute Gasteiger partial charge is 0.253 e. The number of anilines is 1. The van der Waals surface area contributed by atoms with Crippen molar-refractivity contribution in [1.29, 1.82) is 0 Å². The lowest BCUT2D eigenvalue weighted by molar-refractivity contribution is 0.0747. The third-order valence-corrected chi connectivity index (χ3v) is 4.92. The van der Waals surface area contributed by atoms with Crippen LogP contribution in [0.4, 0.5) is 5.69 Å². The Morgan fingerprint density at radius 1 is 1.00 bits per heavy atom. The molecule has 0 spiro atoms. The lowest BCUT2D eigenvalue weighted by Crippen LogP contribution is -2.48. The van der Waals surface area contributed by atoms with Gasteiger partial charge in [0.05, 0.1) is 7.11 Å². The molecule has 1 saturated heterocycles. The molecule has 0 aliphatic carbocycles. The molecular formula is C21H22N4O3. The van der Waals surface area contributed by atoms with Gasteiger partial charge in [0, 0.05) is 49.9 Å². The van der Waals surface area contributed by atoms with Crippen molar-refractivity contribution in [2.45, 2.75) is 6.92 Å². The largest absolute Gasteiger partial charge is 0.497 e. The molecule has 4 rings (SSSR count). The highest BCUT2D eigenvalue weighted by atomic mass is 16.5. The van der Waals surface area contributed by atoms with Crippen molar-refractivity contribution in [3.05, 3.63) is 60.0 Å². The summed E-state index contributed by atoms with van der Waals surface area (Å²) >= 11 is 0. The summed E-state index contributed by atoms with van der Waals surface area (Å²) in [6.45, 7) is 4.74. The number of carbonyl (C=O) groups is 1. The summed E-state index contributed by atoms with van der Waals surface area (Å²) in [5, 5.41) is 3.90. The molecule has 1 aromatic heterocycles. The van der Waals surface area contributed by atoms with Gasteiger partial charge in [0.1, 0.15) is 5.75 Å². The van der Waals surface area contributed by atoms with Crippen LogP contribution in [0.5, 0.6) is 5.75 Å². The predicted molar refractivity (Wildman–Crippen MR) is 106 cm³/mol. The van der Waals surface area contributed by atoms with E-state index in [9.17, 15) is 4.79 Å². The summed E-state index contributed by atoms with van der Waals surface area (Å²) < 4.78 is 10.2. The predicted octanol–water partition coefficient (Wildman–Crippen LogP) is 3.02. The molecular weight excluding hydrogens is 356 g/mol.